The zero-order chi connectivity index (χ0) is 13.5. The third-order valence-corrected chi connectivity index (χ3v) is 3.71. The van der Waals surface area contributed by atoms with E-state index in [1.807, 2.05) is 13.0 Å². The summed E-state index contributed by atoms with van der Waals surface area (Å²) < 4.78 is 0. The van der Waals surface area contributed by atoms with Crippen LogP contribution < -0.4 is 4.90 Å². The number of benzene rings is 1. The van der Waals surface area contributed by atoms with Gasteiger partial charge < -0.3 is 4.90 Å². The van der Waals surface area contributed by atoms with Crippen LogP contribution in [-0.2, 0) is 0 Å². The van der Waals surface area contributed by atoms with Crippen LogP contribution in [0.4, 0.5) is 5.69 Å². The van der Waals surface area contributed by atoms with Crippen molar-refractivity contribution in [1.82, 2.24) is 0 Å². The zero-order valence-corrected chi connectivity index (χ0v) is 12.0. The van der Waals surface area contributed by atoms with Gasteiger partial charge in [-0.1, -0.05) is 26.7 Å². The Hall–Kier alpha value is -1.49. The summed E-state index contributed by atoms with van der Waals surface area (Å²) in [5.41, 5.74) is 3.08. The molecule has 0 radical (unpaired) electrons. The fourth-order valence-electron chi connectivity index (χ4n) is 2.25. The normalized spacial score (nSPS) is 10.4. The highest BCUT2D eigenvalue weighted by atomic mass is 15.1. The second kappa shape index (κ2) is 7.06. The largest absolute Gasteiger partial charge is 0.372 e. The Labute approximate surface area is 111 Å². The minimum atomic E-state index is 0.751. The molecule has 0 aliphatic heterocycles. The van der Waals surface area contributed by atoms with Gasteiger partial charge in [-0.3, -0.25) is 0 Å². The van der Waals surface area contributed by atoms with E-state index in [4.69, 9.17) is 5.26 Å². The molecule has 0 amide bonds. The van der Waals surface area contributed by atoms with E-state index in [1.54, 1.807) is 0 Å². The molecule has 0 aliphatic rings. The average molecular weight is 244 g/mol. The molecule has 0 spiro atoms. The summed E-state index contributed by atoms with van der Waals surface area (Å²) in [6.45, 7) is 10.8. The van der Waals surface area contributed by atoms with Gasteiger partial charge in [0.15, 0.2) is 0 Å². The van der Waals surface area contributed by atoms with Gasteiger partial charge in [-0.15, -0.1) is 0 Å². The third kappa shape index (κ3) is 3.50. The Kier molecular flexibility index (Phi) is 5.71. The van der Waals surface area contributed by atoms with Crippen molar-refractivity contribution >= 4 is 5.69 Å². The minimum Gasteiger partial charge on any atom is -0.372 e. The van der Waals surface area contributed by atoms with Crippen LogP contribution in [0.2, 0.25) is 0 Å². The first-order valence-electron chi connectivity index (χ1n) is 6.91. The lowest BCUT2D eigenvalue weighted by molar-refractivity contribution is 0.486. The second-order valence-electron chi connectivity index (χ2n) is 4.83. The molecule has 0 aliphatic carbocycles. The molecule has 98 valence electrons. The molecule has 0 bridgehead atoms. The molecule has 1 rings (SSSR count). The van der Waals surface area contributed by atoms with Gasteiger partial charge in [-0.25, -0.2) is 0 Å². The van der Waals surface area contributed by atoms with Crippen LogP contribution >= 0.6 is 0 Å². The van der Waals surface area contributed by atoms with Crippen molar-refractivity contribution in [2.75, 3.05) is 18.0 Å². The summed E-state index contributed by atoms with van der Waals surface area (Å²) in [7, 11) is 0. The van der Waals surface area contributed by atoms with Gasteiger partial charge in [0.25, 0.3) is 0 Å². The van der Waals surface area contributed by atoms with Crippen molar-refractivity contribution < 1.29 is 0 Å². The van der Waals surface area contributed by atoms with Gasteiger partial charge in [-0.05, 0) is 43.5 Å². The van der Waals surface area contributed by atoms with Gasteiger partial charge in [-0.2, -0.15) is 5.26 Å². The van der Waals surface area contributed by atoms with E-state index < -0.39 is 0 Å². The lowest BCUT2D eigenvalue weighted by Crippen LogP contribution is -2.29. The molecule has 1 aromatic carbocycles. The van der Waals surface area contributed by atoms with Gasteiger partial charge in [0.1, 0.15) is 0 Å². The van der Waals surface area contributed by atoms with Crippen molar-refractivity contribution in [3.63, 3.8) is 0 Å². The molecule has 0 saturated heterocycles. The second-order valence-corrected chi connectivity index (χ2v) is 4.83. The van der Waals surface area contributed by atoms with Crippen molar-refractivity contribution in [3.05, 3.63) is 29.3 Å². The minimum absolute atomic E-state index is 0.751. The molecule has 0 saturated carbocycles. The van der Waals surface area contributed by atoms with Gasteiger partial charge in [0.2, 0.25) is 0 Å². The summed E-state index contributed by atoms with van der Waals surface area (Å²) in [5.74, 6) is 0.751. The Bertz CT molecular complexity index is 414. The first kappa shape index (κ1) is 14.6. The summed E-state index contributed by atoms with van der Waals surface area (Å²) in [6, 6.07) is 8.35. The fraction of sp³-hybridized carbons (Fsp3) is 0.562. The molecule has 0 N–H and O–H groups in total. The number of nitriles is 1. The average Bonchev–Trinajstić information content (AvgIpc) is 2.40. The summed E-state index contributed by atoms with van der Waals surface area (Å²) in [6.07, 6.45) is 2.45. The van der Waals surface area contributed by atoms with Crippen molar-refractivity contribution in [1.29, 1.82) is 5.26 Å². The van der Waals surface area contributed by atoms with E-state index in [0.717, 1.165) is 30.1 Å². The molecule has 0 heterocycles. The third-order valence-electron chi connectivity index (χ3n) is 3.71. The zero-order valence-electron chi connectivity index (χ0n) is 12.0. The Morgan fingerprint density at radius 3 is 2.33 bits per heavy atom. The van der Waals surface area contributed by atoms with E-state index >= 15 is 0 Å². The number of anilines is 1. The van der Waals surface area contributed by atoms with E-state index in [0.29, 0.717) is 0 Å². The molecule has 1 aromatic rings. The molecular weight excluding hydrogens is 220 g/mol. The maximum Gasteiger partial charge on any atom is 0.0994 e. The fourth-order valence-corrected chi connectivity index (χ4v) is 2.25. The predicted molar refractivity (Wildman–Crippen MR) is 77.9 cm³/mol. The highest BCUT2D eigenvalue weighted by Crippen LogP contribution is 2.21. The molecule has 18 heavy (non-hydrogen) atoms. The van der Waals surface area contributed by atoms with Crippen LogP contribution in [0.3, 0.4) is 0 Å². The van der Waals surface area contributed by atoms with E-state index in [1.165, 1.54) is 18.5 Å². The van der Waals surface area contributed by atoms with Gasteiger partial charge >= 0.3 is 0 Å². The first-order chi connectivity index (χ1) is 8.65. The van der Waals surface area contributed by atoms with Crippen LogP contribution in [0, 0.1) is 24.2 Å². The van der Waals surface area contributed by atoms with E-state index in [2.05, 4.69) is 43.9 Å². The maximum absolute atomic E-state index is 8.96. The Balaban J connectivity index is 2.89. The maximum atomic E-state index is 8.96. The Morgan fingerprint density at radius 1 is 1.22 bits per heavy atom. The first-order valence-corrected chi connectivity index (χ1v) is 6.91. The lowest BCUT2D eigenvalue weighted by atomic mass is 10.0. The van der Waals surface area contributed by atoms with Crippen molar-refractivity contribution in [2.24, 2.45) is 5.92 Å². The molecule has 2 nitrogen and oxygen atoms in total. The van der Waals surface area contributed by atoms with Crippen LogP contribution in [0.5, 0.6) is 0 Å². The van der Waals surface area contributed by atoms with Crippen LogP contribution in [-0.4, -0.2) is 13.1 Å². The topological polar surface area (TPSA) is 27.0 Å². The van der Waals surface area contributed by atoms with Gasteiger partial charge in [0, 0.05) is 18.8 Å². The Morgan fingerprint density at radius 2 is 1.89 bits per heavy atom. The van der Waals surface area contributed by atoms with E-state index in [9.17, 15) is 0 Å². The number of nitrogens with zero attached hydrogens (tertiary/aromatic N) is 2. The highest BCUT2D eigenvalue weighted by Gasteiger charge is 2.11. The molecule has 0 unspecified atom stereocenters. The summed E-state index contributed by atoms with van der Waals surface area (Å²) >= 11 is 0. The quantitative estimate of drug-likeness (QED) is 0.752. The highest BCUT2D eigenvalue weighted by molar-refractivity contribution is 5.53. The van der Waals surface area contributed by atoms with Gasteiger partial charge in [0.05, 0.1) is 11.6 Å². The van der Waals surface area contributed by atoms with Crippen molar-refractivity contribution in [3.8, 4) is 6.07 Å². The lowest BCUT2D eigenvalue weighted by Gasteiger charge is -2.27. The van der Waals surface area contributed by atoms with Crippen molar-refractivity contribution in [2.45, 2.75) is 40.5 Å². The van der Waals surface area contributed by atoms with E-state index in [-0.39, 0.29) is 0 Å². The number of aryl methyl sites for hydroxylation is 1. The smallest absolute Gasteiger partial charge is 0.0994 e. The predicted octanol–water partition coefficient (Wildman–Crippen LogP) is 4.13. The summed E-state index contributed by atoms with van der Waals surface area (Å²) in [5, 5.41) is 8.96. The molecular formula is C16H24N2. The van der Waals surface area contributed by atoms with Crippen LogP contribution in [0.15, 0.2) is 18.2 Å². The monoisotopic (exact) mass is 244 g/mol. The molecule has 0 fully saturated rings. The number of hydrogen-bond donors (Lipinski definition) is 0. The number of hydrogen-bond acceptors (Lipinski definition) is 2. The van der Waals surface area contributed by atoms with Crippen LogP contribution in [0.25, 0.3) is 0 Å². The SMILES string of the molecule is CCC(CC)CN(CC)c1ccc(C#N)c(C)c1. The molecule has 0 atom stereocenters. The standard InChI is InChI=1S/C16H24N2/c1-5-14(6-2)12-18(7-3)16-9-8-15(11-17)13(4)10-16/h8-10,14H,5-7,12H2,1-4H3. The summed E-state index contributed by atoms with van der Waals surface area (Å²) in [4.78, 5) is 2.41. The van der Waals surface area contributed by atoms with Crippen LogP contribution in [0.1, 0.15) is 44.7 Å². The molecule has 2 heteroatoms. The number of rotatable bonds is 6. The molecule has 0 aromatic heterocycles.